The predicted octanol–water partition coefficient (Wildman–Crippen LogP) is 3.09. The first kappa shape index (κ1) is 12.1. The number of rotatable bonds is 2. The highest BCUT2D eigenvalue weighted by molar-refractivity contribution is 6.23. The highest BCUT2D eigenvalue weighted by Crippen LogP contribution is 2.40. The lowest BCUT2D eigenvalue weighted by molar-refractivity contribution is 0.372. The van der Waals surface area contributed by atoms with Crippen LogP contribution in [0.1, 0.15) is 5.82 Å². The van der Waals surface area contributed by atoms with Crippen molar-refractivity contribution >= 4 is 32.6 Å². The minimum absolute atomic E-state index is 0.550. The lowest BCUT2D eigenvalue weighted by Gasteiger charge is -2.14. The predicted molar refractivity (Wildman–Crippen MR) is 81.4 cm³/mol. The summed E-state index contributed by atoms with van der Waals surface area (Å²) in [7, 11) is 3.22. The van der Waals surface area contributed by atoms with Crippen molar-refractivity contribution in [2.24, 2.45) is 0 Å². The topological polar surface area (TPSA) is 57.1 Å². The second kappa shape index (κ2) is 4.15. The van der Waals surface area contributed by atoms with Crippen LogP contribution in [0.4, 0.5) is 0 Å². The summed E-state index contributed by atoms with van der Waals surface area (Å²) in [4.78, 5) is 13.5. The van der Waals surface area contributed by atoms with Crippen LogP contribution in [0.25, 0.3) is 32.6 Å². The third-order valence-corrected chi connectivity index (χ3v) is 3.73. The molecule has 4 aromatic rings. The Kier molecular flexibility index (Phi) is 2.39. The van der Waals surface area contributed by atoms with Crippen molar-refractivity contribution in [2.45, 2.75) is 6.92 Å². The van der Waals surface area contributed by atoms with Gasteiger partial charge in [-0.05, 0) is 31.2 Å². The maximum absolute atomic E-state index is 5.41. The molecular formula is C16H13N3O2. The quantitative estimate of drug-likeness (QED) is 0.528. The van der Waals surface area contributed by atoms with E-state index in [2.05, 4.69) is 15.0 Å². The molecule has 4 rings (SSSR count). The summed E-state index contributed by atoms with van der Waals surface area (Å²) in [6.45, 7) is 1.90. The Hall–Kier alpha value is -2.69. The molecule has 0 unspecified atom stereocenters. The Morgan fingerprint density at radius 3 is 1.71 bits per heavy atom. The molecule has 0 saturated heterocycles. The van der Waals surface area contributed by atoms with Crippen LogP contribution in [0.5, 0.6) is 11.8 Å². The van der Waals surface area contributed by atoms with Crippen molar-refractivity contribution in [3.05, 3.63) is 30.1 Å². The van der Waals surface area contributed by atoms with E-state index in [0.717, 1.165) is 38.4 Å². The highest BCUT2D eigenvalue weighted by atomic mass is 16.5. The summed E-state index contributed by atoms with van der Waals surface area (Å²) in [5.74, 6) is 1.86. The van der Waals surface area contributed by atoms with Gasteiger partial charge in [0.05, 0.1) is 25.3 Å². The first-order valence-electron chi connectivity index (χ1n) is 6.64. The fraction of sp³-hybridized carbons (Fsp3) is 0.188. The molecule has 0 saturated carbocycles. The summed E-state index contributed by atoms with van der Waals surface area (Å²) in [6.07, 6.45) is 0. The minimum Gasteiger partial charge on any atom is -0.480 e. The van der Waals surface area contributed by atoms with Gasteiger partial charge in [-0.3, -0.25) is 0 Å². The summed E-state index contributed by atoms with van der Waals surface area (Å²) in [6, 6.07) is 7.94. The smallest absolute Gasteiger partial charge is 0.224 e. The molecule has 0 spiro atoms. The molecule has 0 amide bonds. The zero-order valence-electron chi connectivity index (χ0n) is 12.0. The molecule has 0 aliphatic rings. The van der Waals surface area contributed by atoms with Gasteiger partial charge in [0, 0.05) is 21.5 Å². The number of hydrogen-bond donors (Lipinski definition) is 0. The molecule has 0 aliphatic heterocycles. The van der Waals surface area contributed by atoms with Crippen molar-refractivity contribution in [3.8, 4) is 11.8 Å². The van der Waals surface area contributed by atoms with Crippen LogP contribution in [0.15, 0.2) is 24.3 Å². The SMILES string of the molecule is COc1nc(OC)c2ccc3nc(C)nc4ccc1c2c43. The van der Waals surface area contributed by atoms with E-state index in [4.69, 9.17) is 9.47 Å². The second-order valence-corrected chi connectivity index (χ2v) is 4.92. The summed E-state index contributed by atoms with van der Waals surface area (Å²) >= 11 is 0. The highest BCUT2D eigenvalue weighted by Gasteiger charge is 2.17. The van der Waals surface area contributed by atoms with Gasteiger partial charge < -0.3 is 9.47 Å². The molecule has 0 bridgehead atoms. The van der Waals surface area contributed by atoms with Crippen molar-refractivity contribution in [1.82, 2.24) is 15.0 Å². The molecule has 5 nitrogen and oxygen atoms in total. The number of pyridine rings is 1. The first-order valence-corrected chi connectivity index (χ1v) is 6.64. The van der Waals surface area contributed by atoms with E-state index in [9.17, 15) is 0 Å². The standard InChI is InChI=1S/C16H13N3O2/c1-8-17-11-6-4-9-13-10(5-7-12(18-8)14(11)13)16(21-3)19-15(9)20-2/h4-7H,1-3H3. The minimum atomic E-state index is 0.550. The number of aromatic nitrogens is 3. The van der Waals surface area contributed by atoms with Crippen LogP contribution < -0.4 is 9.47 Å². The number of ether oxygens (including phenoxy) is 2. The van der Waals surface area contributed by atoms with Crippen LogP contribution in [0.3, 0.4) is 0 Å². The molecule has 0 radical (unpaired) electrons. The molecule has 2 heterocycles. The molecule has 0 fully saturated rings. The van der Waals surface area contributed by atoms with Gasteiger partial charge in [-0.25, -0.2) is 9.97 Å². The van der Waals surface area contributed by atoms with Crippen LogP contribution in [-0.2, 0) is 0 Å². The third kappa shape index (κ3) is 1.54. The molecule has 2 aromatic heterocycles. The van der Waals surface area contributed by atoms with Crippen LogP contribution in [0.2, 0.25) is 0 Å². The molecule has 21 heavy (non-hydrogen) atoms. The van der Waals surface area contributed by atoms with Gasteiger partial charge in [0.25, 0.3) is 0 Å². The Morgan fingerprint density at radius 1 is 0.714 bits per heavy atom. The van der Waals surface area contributed by atoms with Gasteiger partial charge in [0.2, 0.25) is 11.8 Å². The van der Waals surface area contributed by atoms with E-state index >= 15 is 0 Å². The number of benzene rings is 2. The number of hydrogen-bond acceptors (Lipinski definition) is 5. The van der Waals surface area contributed by atoms with Crippen LogP contribution >= 0.6 is 0 Å². The lowest BCUT2D eigenvalue weighted by atomic mass is 10.00. The van der Waals surface area contributed by atoms with Gasteiger partial charge in [-0.1, -0.05) is 0 Å². The summed E-state index contributed by atoms with van der Waals surface area (Å²) < 4.78 is 10.8. The fourth-order valence-electron chi connectivity index (χ4n) is 2.90. The fourth-order valence-corrected chi connectivity index (χ4v) is 2.90. The largest absolute Gasteiger partial charge is 0.480 e. The number of methoxy groups -OCH3 is 2. The zero-order valence-corrected chi connectivity index (χ0v) is 12.0. The van der Waals surface area contributed by atoms with Gasteiger partial charge >= 0.3 is 0 Å². The van der Waals surface area contributed by atoms with Crippen molar-refractivity contribution in [2.75, 3.05) is 14.2 Å². The van der Waals surface area contributed by atoms with Crippen molar-refractivity contribution in [1.29, 1.82) is 0 Å². The van der Waals surface area contributed by atoms with Gasteiger partial charge in [0.15, 0.2) is 0 Å². The average Bonchev–Trinajstić information content (AvgIpc) is 2.51. The van der Waals surface area contributed by atoms with Crippen LogP contribution in [-0.4, -0.2) is 29.2 Å². The van der Waals surface area contributed by atoms with E-state index in [0.29, 0.717) is 11.8 Å². The van der Waals surface area contributed by atoms with E-state index < -0.39 is 0 Å². The molecular weight excluding hydrogens is 266 g/mol. The second-order valence-electron chi connectivity index (χ2n) is 4.92. The van der Waals surface area contributed by atoms with Gasteiger partial charge in [0.1, 0.15) is 5.82 Å². The first-order chi connectivity index (χ1) is 10.2. The number of aryl methyl sites for hydroxylation is 1. The zero-order chi connectivity index (χ0) is 14.6. The third-order valence-electron chi connectivity index (χ3n) is 3.73. The van der Waals surface area contributed by atoms with E-state index in [-0.39, 0.29) is 0 Å². The Bertz CT molecular complexity index is 910. The molecule has 104 valence electrons. The maximum Gasteiger partial charge on any atom is 0.224 e. The van der Waals surface area contributed by atoms with E-state index in [1.807, 2.05) is 31.2 Å². The van der Waals surface area contributed by atoms with Crippen molar-refractivity contribution in [3.63, 3.8) is 0 Å². The van der Waals surface area contributed by atoms with Gasteiger partial charge in [-0.15, -0.1) is 0 Å². The van der Waals surface area contributed by atoms with Gasteiger partial charge in [-0.2, -0.15) is 4.98 Å². The Labute approximate surface area is 120 Å². The average molecular weight is 279 g/mol. The van der Waals surface area contributed by atoms with E-state index in [1.165, 1.54) is 0 Å². The van der Waals surface area contributed by atoms with Crippen molar-refractivity contribution < 1.29 is 9.47 Å². The molecule has 5 heteroatoms. The maximum atomic E-state index is 5.41. The monoisotopic (exact) mass is 279 g/mol. The lowest BCUT2D eigenvalue weighted by Crippen LogP contribution is -1.98. The Balaban J connectivity index is 2.34. The summed E-state index contributed by atoms with van der Waals surface area (Å²) in [5, 5.41) is 3.95. The molecule has 0 atom stereocenters. The Morgan fingerprint density at radius 2 is 1.24 bits per heavy atom. The molecule has 0 aliphatic carbocycles. The molecule has 0 N–H and O–H groups in total. The summed E-state index contributed by atoms with van der Waals surface area (Å²) in [5.41, 5.74) is 1.84. The number of nitrogens with zero attached hydrogens (tertiary/aromatic N) is 3. The normalized spacial score (nSPS) is 11.6. The molecule has 2 aromatic carbocycles. The van der Waals surface area contributed by atoms with Crippen LogP contribution in [0, 0.1) is 6.92 Å². The van der Waals surface area contributed by atoms with E-state index in [1.54, 1.807) is 14.2 Å².